The van der Waals surface area contributed by atoms with Crippen molar-refractivity contribution in [3.63, 3.8) is 0 Å². The van der Waals surface area contributed by atoms with Gasteiger partial charge in [-0.25, -0.2) is 0 Å². The minimum absolute atomic E-state index is 0.183. The number of aromatic nitrogens is 1. The first-order chi connectivity index (χ1) is 8.65. The number of hydrogen-bond donors (Lipinski definition) is 1. The first-order valence-corrected chi connectivity index (χ1v) is 7.04. The van der Waals surface area contributed by atoms with Crippen molar-refractivity contribution in [2.24, 2.45) is 0 Å². The lowest BCUT2D eigenvalue weighted by Crippen LogP contribution is -2.44. The Morgan fingerprint density at radius 3 is 2.78 bits per heavy atom. The summed E-state index contributed by atoms with van der Waals surface area (Å²) in [6.07, 6.45) is 3.86. The summed E-state index contributed by atoms with van der Waals surface area (Å²) in [4.78, 5) is 17.5. The summed E-state index contributed by atoms with van der Waals surface area (Å²) in [5.41, 5.74) is 1.05. The van der Waals surface area contributed by atoms with E-state index in [4.69, 9.17) is 0 Å². The quantitative estimate of drug-likeness (QED) is 0.928. The zero-order valence-corrected chi connectivity index (χ0v) is 12.1. The van der Waals surface area contributed by atoms with Crippen LogP contribution in [0.3, 0.4) is 0 Å². The summed E-state index contributed by atoms with van der Waals surface area (Å²) in [7, 11) is 0. The highest BCUT2D eigenvalue weighted by Crippen LogP contribution is 2.12. The Labute approximate surface area is 116 Å². The highest BCUT2D eigenvalue weighted by Gasteiger charge is 2.19. The normalized spacial score (nSPS) is 16.9. The average Bonchev–Trinajstić information content (AvgIpc) is 2.38. The molecule has 0 radical (unpaired) electrons. The fourth-order valence-corrected chi connectivity index (χ4v) is 2.39. The van der Waals surface area contributed by atoms with Crippen LogP contribution < -0.4 is 5.32 Å². The van der Waals surface area contributed by atoms with Crippen molar-refractivity contribution in [1.82, 2.24) is 15.2 Å². The number of piperidine rings is 1. The van der Waals surface area contributed by atoms with Gasteiger partial charge < -0.3 is 10.2 Å². The summed E-state index contributed by atoms with van der Waals surface area (Å²) >= 11 is 3.37. The Balaban J connectivity index is 1.75. The fraction of sp³-hybridized carbons (Fsp3) is 0.538. The number of nitrogens with zero attached hydrogens (tertiary/aromatic N) is 2. The SMILES string of the molecule is CC(=O)N1CCC(NCc2ccc(Br)cn2)CC1. The summed E-state index contributed by atoms with van der Waals surface area (Å²) in [5.74, 6) is 0.183. The Bertz CT molecular complexity index is 399. The minimum atomic E-state index is 0.183. The molecule has 1 aromatic heterocycles. The summed E-state index contributed by atoms with van der Waals surface area (Å²) in [5, 5.41) is 3.50. The first-order valence-electron chi connectivity index (χ1n) is 6.24. The molecule has 1 aliphatic rings. The van der Waals surface area contributed by atoms with Crippen LogP contribution >= 0.6 is 15.9 Å². The van der Waals surface area contributed by atoms with E-state index < -0.39 is 0 Å². The lowest BCUT2D eigenvalue weighted by Gasteiger charge is -2.31. The summed E-state index contributed by atoms with van der Waals surface area (Å²) in [6, 6.07) is 4.51. The molecule has 0 unspecified atom stereocenters. The van der Waals surface area contributed by atoms with E-state index in [1.54, 1.807) is 6.92 Å². The molecule has 0 atom stereocenters. The van der Waals surface area contributed by atoms with Gasteiger partial charge >= 0.3 is 0 Å². The van der Waals surface area contributed by atoms with Crippen molar-refractivity contribution in [2.45, 2.75) is 32.4 Å². The van der Waals surface area contributed by atoms with Gasteiger partial charge in [-0.15, -0.1) is 0 Å². The van der Waals surface area contributed by atoms with Gasteiger partial charge in [-0.1, -0.05) is 0 Å². The van der Waals surface area contributed by atoms with E-state index >= 15 is 0 Å². The molecule has 0 saturated carbocycles. The predicted octanol–water partition coefficient (Wildman–Crippen LogP) is 1.94. The van der Waals surface area contributed by atoms with Crippen LogP contribution in [0.4, 0.5) is 0 Å². The maximum absolute atomic E-state index is 11.2. The first kappa shape index (κ1) is 13.5. The number of hydrogen-bond acceptors (Lipinski definition) is 3. The second kappa shape index (κ2) is 6.29. The fourth-order valence-electron chi connectivity index (χ4n) is 2.16. The largest absolute Gasteiger partial charge is 0.343 e. The number of rotatable bonds is 3. The second-order valence-electron chi connectivity index (χ2n) is 4.63. The number of likely N-dealkylation sites (tertiary alicyclic amines) is 1. The molecule has 5 heteroatoms. The van der Waals surface area contributed by atoms with E-state index in [0.29, 0.717) is 6.04 Å². The van der Waals surface area contributed by atoms with E-state index in [1.807, 2.05) is 23.2 Å². The number of halogens is 1. The molecule has 1 saturated heterocycles. The maximum atomic E-state index is 11.2. The molecular formula is C13H18BrN3O. The third-order valence-corrected chi connectivity index (χ3v) is 3.77. The van der Waals surface area contributed by atoms with Gasteiger partial charge in [0.2, 0.25) is 5.91 Å². The maximum Gasteiger partial charge on any atom is 0.219 e. The molecule has 1 fully saturated rings. The number of carbonyl (C=O) groups is 1. The van der Waals surface area contributed by atoms with Crippen LogP contribution in [0, 0.1) is 0 Å². The molecule has 2 rings (SSSR count). The standard InChI is InChI=1S/C13H18BrN3O/c1-10(18)17-6-4-12(5-7-17)16-9-13-3-2-11(14)8-15-13/h2-3,8,12,16H,4-7,9H2,1H3. The van der Waals surface area contributed by atoms with Crippen LogP contribution in [0.5, 0.6) is 0 Å². The molecule has 1 amide bonds. The highest BCUT2D eigenvalue weighted by atomic mass is 79.9. The van der Waals surface area contributed by atoms with Gasteiger partial charge in [-0.3, -0.25) is 9.78 Å². The Kier molecular flexibility index (Phi) is 4.72. The van der Waals surface area contributed by atoms with Gasteiger partial charge in [-0.2, -0.15) is 0 Å². The predicted molar refractivity (Wildman–Crippen MR) is 74.1 cm³/mol. The number of amides is 1. The van der Waals surface area contributed by atoms with Crippen molar-refractivity contribution >= 4 is 21.8 Å². The molecule has 0 spiro atoms. The summed E-state index contributed by atoms with van der Waals surface area (Å²) in [6.45, 7) is 4.15. The highest BCUT2D eigenvalue weighted by molar-refractivity contribution is 9.10. The molecule has 1 N–H and O–H groups in total. The molecular weight excluding hydrogens is 294 g/mol. The molecule has 1 aliphatic heterocycles. The van der Waals surface area contributed by atoms with Crippen molar-refractivity contribution in [3.8, 4) is 0 Å². The second-order valence-corrected chi connectivity index (χ2v) is 5.54. The summed E-state index contributed by atoms with van der Waals surface area (Å²) < 4.78 is 1.00. The zero-order chi connectivity index (χ0) is 13.0. The monoisotopic (exact) mass is 311 g/mol. The Morgan fingerprint density at radius 2 is 2.22 bits per heavy atom. The van der Waals surface area contributed by atoms with Gasteiger partial charge in [0.05, 0.1) is 5.69 Å². The van der Waals surface area contributed by atoms with Crippen LogP contribution in [-0.2, 0) is 11.3 Å². The van der Waals surface area contributed by atoms with Crippen molar-refractivity contribution < 1.29 is 4.79 Å². The molecule has 4 nitrogen and oxygen atoms in total. The van der Waals surface area contributed by atoms with E-state index in [1.165, 1.54) is 0 Å². The average molecular weight is 312 g/mol. The van der Waals surface area contributed by atoms with E-state index in [0.717, 1.165) is 42.6 Å². The van der Waals surface area contributed by atoms with Gasteiger partial charge in [0.1, 0.15) is 0 Å². The van der Waals surface area contributed by atoms with Crippen LogP contribution in [0.1, 0.15) is 25.5 Å². The van der Waals surface area contributed by atoms with E-state index in [2.05, 4.69) is 26.2 Å². The van der Waals surface area contributed by atoms with Crippen LogP contribution in [-0.4, -0.2) is 34.9 Å². The van der Waals surface area contributed by atoms with Gasteiger partial charge in [-0.05, 0) is 40.9 Å². The molecule has 0 aliphatic carbocycles. The smallest absolute Gasteiger partial charge is 0.219 e. The van der Waals surface area contributed by atoms with Crippen LogP contribution in [0.15, 0.2) is 22.8 Å². The van der Waals surface area contributed by atoms with Crippen molar-refractivity contribution in [2.75, 3.05) is 13.1 Å². The van der Waals surface area contributed by atoms with Crippen LogP contribution in [0.2, 0.25) is 0 Å². The Hall–Kier alpha value is -0.940. The van der Waals surface area contributed by atoms with E-state index in [-0.39, 0.29) is 5.91 Å². The van der Waals surface area contributed by atoms with Gasteiger partial charge in [0, 0.05) is 43.3 Å². The van der Waals surface area contributed by atoms with Crippen LogP contribution in [0.25, 0.3) is 0 Å². The molecule has 2 heterocycles. The number of nitrogens with one attached hydrogen (secondary N) is 1. The zero-order valence-electron chi connectivity index (χ0n) is 10.5. The van der Waals surface area contributed by atoms with E-state index in [9.17, 15) is 4.79 Å². The van der Waals surface area contributed by atoms with Crippen molar-refractivity contribution in [1.29, 1.82) is 0 Å². The molecule has 98 valence electrons. The Morgan fingerprint density at radius 1 is 1.50 bits per heavy atom. The lowest BCUT2D eigenvalue weighted by molar-refractivity contribution is -0.129. The third-order valence-electron chi connectivity index (χ3n) is 3.30. The molecule has 18 heavy (non-hydrogen) atoms. The molecule has 0 bridgehead atoms. The van der Waals surface area contributed by atoms with Crippen molar-refractivity contribution in [3.05, 3.63) is 28.5 Å². The molecule has 1 aromatic rings. The minimum Gasteiger partial charge on any atom is -0.343 e. The van der Waals surface area contributed by atoms with Gasteiger partial charge in [0.15, 0.2) is 0 Å². The lowest BCUT2D eigenvalue weighted by atomic mass is 10.0. The topological polar surface area (TPSA) is 45.2 Å². The van der Waals surface area contributed by atoms with Gasteiger partial charge in [0.25, 0.3) is 0 Å². The number of pyridine rings is 1. The molecule has 0 aromatic carbocycles. The number of carbonyl (C=O) groups excluding carboxylic acids is 1. The third kappa shape index (κ3) is 3.78.